The van der Waals surface area contributed by atoms with Gasteiger partial charge >= 0.3 is 0 Å². The van der Waals surface area contributed by atoms with Crippen molar-refractivity contribution < 1.29 is 4.74 Å². The second-order valence-electron chi connectivity index (χ2n) is 4.32. The van der Waals surface area contributed by atoms with Gasteiger partial charge in [0.1, 0.15) is 0 Å². The molecule has 1 aliphatic carbocycles. The molecule has 0 bridgehead atoms. The van der Waals surface area contributed by atoms with Gasteiger partial charge in [-0.1, -0.05) is 34.5 Å². The lowest BCUT2D eigenvalue weighted by atomic mass is 9.86. The van der Waals surface area contributed by atoms with E-state index in [0.717, 1.165) is 17.0 Å². The van der Waals surface area contributed by atoms with Gasteiger partial charge in [-0.2, -0.15) is 0 Å². The van der Waals surface area contributed by atoms with Gasteiger partial charge in [0.15, 0.2) is 0 Å². The largest absolute Gasteiger partial charge is 0.374 e. The van der Waals surface area contributed by atoms with Crippen molar-refractivity contribution >= 4 is 15.9 Å². The summed E-state index contributed by atoms with van der Waals surface area (Å²) in [6.07, 6.45) is 4.32. The summed E-state index contributed by atoms with van der Waals surface area (Å²) in [7, 11) is 0. The van der Waals surface area contributed by atoms with Crippen LogP contribution in [0.3, 0.4) is 0 Å². The Bertz CT molecular complexity index is 303. The average molecular weight is 269 g/mol. The van der Waals surface area contributed by atoms with Crippen molar-refractivity contribution in [2.45, 2.75) is 32.3 Å². The van der Waals surface area contributed by atoms with Crippen molar-refractivity contribution in [3.05, 3.63) is 34.3 Å². The van der Waals surface area contributed by atoms with E-state index in [9.17, 15) is 0 Å². The maximum atomic E-state index is 5.86. The zero-order chi connectivity index (χ0) is 10.7. The summed E-state index contributed by atoms with van der Waals surface area (Å²) in [5.41, 5.74) is 1.26. The minimum atomic E-state index is 0.221. The van der Waals surface area contributed by atoms with Crippen molar-refractivity contribution in [1.29, 1.82) is 0 Å². The summed E-state index contributed by atoms with van der Waals surface area (Å²) >= 11 is 3.44. The molecule has 1 saturated carbocycles. The first-order chi connectivity index (χ1) is 7.25. The Morgan fingerprint density at radius 3 is 2.53 bits per heavy atom. The first kappa shape index (κ1) is 11.2. The quantitative estimate of drug-likeness (QED) is 0.790. The average Bonchev–Trinajstić information content (AvgIpc) is 2.16. The van der Waals surface area contributed by atoms with E-state index >= 15 is 0 Å². The molecule has 1 atom stereocenters. The molecule has 0 amide bonds. The maximum Gasteiger partial charge on any atom is 0.0796 e. The van der Waals surface area contributed by atoms with Crippen molar-refractivity contribution in [1.82, 2.24) is 0 Å². The first-order valence-corrected chi connectivity index (χ1v) is 6.42. The van der Waals surface area contributed by atoms with Gasteiger partial charge in [-0.15, -0.1) is 0 Å². The third kappa shape index (κ3) is 3.05. The molecule has 15 heavy (non-hydrogen) atoms. The molecule has 0 spiro atoms. The van der Waals surface area contributed by atoms with Crippen molar-refractivity contribution in [3.8, 4) is 0 Å². The lowest BCUT2D eigenvalue weighted by molar-refractivity contribution is 0.0193. The van der Waals surface area contributed by atoms with Gasteiger partial charge in [-0.05, 0) is 43.4 Å². The number of hydrogen-bond acceptors (Lipinski definition) is 1. The van der Waals surface area contributed by atoms with Gasteiger partial charge in [0, 0.05) is 4.47 Å². The van der Waals surface area contributed by atoms with Crippen molar-refractivity contribution in [2.75, 3.05) is 6.61 Å². The summed E-state index contributed by atoms with van der Waals surface area (Å²) in [5, 5.41) is 0. The first-order valence-electron chi connectivity index (χ1n) is 5.63. The highest BCUT2D eigenvalue weighted by atomic mass is 79.9. The zero-order valence-electron chi connectivity index (χ0n) is 9.08. The number of hydrogen-bond donors (Lipinski definition) is 0. The van der Waals surface area contributed by atoms with E-state index in [4.69, 9.17) is 4.74 Å². The van der Waals surface area contributed by atoms with Crippen LogP contribution in [0.4, 0.5) is 0 Å². The Morgan fingerprint density at radius 1 is 1.33 bits per heavy atom. The van der Waals surface area contributed by atoms with E-state index in [1.54, 1.807) is 0 Å². The number of ether oxygens (including phenoxy) is 1. The monoisotopic (exact) mass is 268 g/mol. The van der Waals surface area contributed by atoms with Gasteiger partial charge in [-0.25, -0.2) is 0 Å². The third-order valence-corrected chi connectivity index (χ3v) is 3.67. The molecule has 2 rings (SSSR count). The van der Waals surface area contributed by atoms with E-state index < -0.39 is 0 Å². The molecule has 1 aromatic rings. The minimum Gasteiger partial charge on any atom is -0.374 e. The fraction of sp³-hybridized carbons (Fsp3) is 0.538. The molecule has 1 nitrogen and oxygen atoms in total. The number of halogens is 1. The van der Waals surface area contributed by atoms with Crippen LogP contribution in [-0.2, 0) is 4.74 Å². The molecule has 0 saturated heterocycles. The van der Waals surface area contributed by atoms with Crippen molar-refractivity contribution in [3.63, 3.8) is 0 Å². The van der Waals surface area contributed by atoms with Crippen LogP contribution in [0, 0.1) is 5.92 Å². The van der Waals surface area contributed by atoms with Crippen molar-refractivity contribution in [2.24, 2.45) is 5.92 Å². The van der Waals surface area contributed by atoms with E-state index in [1.807, 2.05) is 0 Å². The van der Waals surface area contributed by atoms with Crippen LogP contribution in [0.25, 0.3) is 0 Å². The molecule has 0 heterocycles. The highest BCUT2D eigenvalue weighted by Gasteiger charge is 2.18. The Hall–Kier alpha value is -0.340. The molecule has 0 aliphatic heterocycles. The van der Waals surface area contributed by atoms with Gasteiger partial charge in [0.2, 0.25) is 0 Å². The van der Waals surface area contributed by atoms with Crippen LogP contribution in [0.5, 0.6) is 0 Å². The molecule has 0 radical (unpaired) electrons. The summed E-state index contributed by atoms with van der Waals surface area (Å²) in [4.78, 5) is 0. The second-order valence-corrected chi connectivity index (χ2v) is 5.24. The van der Waals surface area contributed by atoms with Crippen LogP contribution >= 0.6 is 15.9 Å². The zero-order valence-corrected chi connectivity index (χ0v) is 10.7. The normalized spacial score (nSPS) is 18.5. The maximum absolute atomic E-state index is 5.86. The number of rotatable bonds is 4. The predicted molar refractivity (Wildman–Crippen MR) is 65.9 cm³/mol. The molecular formula is C13H17BrO. The van der Waals surface area contributed by atoms with Gasteiger partial charge in [0.25, 0.3) is 0 Å². The Kier molecular flexibility index (Phi) is 3.81. The molecule has 82 valence electrons. The Morgan fingerprint density at radius 2 is 2.00 bits per heavy atom. The molecule has 1 fully saturated rings. The molecule has 2 heteroatoms. The highest BCUT2D eigenvalue weighted by molar-refractivity contribution is 9.10. The van der Waals surface area contributed by atoms with Gasteiger partial charge in [-0.3, -0.25) is 0 Å². The Labute approximate surface area is 100.0 Å². The van der Waals surface area contributed by atoms with Crippen LogP contribution in [0.2, 0.25) is 0 Å². The standard InChI is InChI=1S/C13H17BrO/c1-10(15-9-11-3-2-4-11)12-5-7-13(14)8-6-12/h5-8,10-11H,2-4,9H2,1H3. The van der Waals surface area contributed by atoms with E-state index in [0.29, 0.717) is 0 Å². The lowest BCUT2D eigenvalue weighted by Crippen LogP contribution is -2.18. The van der Waals surface area contributed by atoms with Crippen LogP contribution < -0.4 is 0 Å². The lowest BCUT2D eigenvalue weighted by Gasteiger charge is -2.26. The second kappa shape index (κ2) is 5.13. The smallest absolute Gasteiger partial charge is 0.0796 e. The topological polar surface area (TPSA) is 9.23 Å². The Balaban J connectivity index is 1.83. The summed E-state index contributed by atoms with van der Waals surface area (Å²) in [6, 6.07) is 8.38. The molecule has 1 unspecified atom stereocenters. The molecule has 1 aliphatic rings. The predicted octanol–water partition coefficient (Wildman–Crippen LogP) is 4.33. The molecule has 0 aromatic heterocycles. The summed E-state index contributed by atoms with van der Waals surface area (Å²) in [6.45, 7) is 3.05. The van der Waals surface area contributed by atoms with Gasteiger partial charge < -0.3 is 4.74 Å². The van der Waals surface area contributed by atoms with E-state index in [2.05, 4.69) is 47.1 Å². The summed E-state index contributed by atoms with van der Waals surface area (Å²) < 4.78 is 6.98. The summed E-state index contributed by atoms with van der Waals surface area (Å²) in [5.74, 6) is 0.822. The van der Waals surface area contributed by atoms with Crippen LogP contribution in [0.15, 0.2) is 28.7 Å². The van der Waals surface area contributed by atoms with E-state index in [1.165, 1.54) is 24.8 Å². The van der Waals surface area contributed by atoms with Gasteiger partial charge in [0.05, 0.1) is 12.7 Å². The third-order valence-electron chi connectivity index (χ3n) is 3.15. The fourth-order valence-corrected chi connectivity index (χ4v) is 2.03. The minimum absolute atomic E-state index is 0.221. The molecule has 0 N–H and O–H groups in total. The molecular weight excluding hydrogens is 252 g/mol. The van der Waals surface area contributed by atoms with Crippen LogP contribution in [0.1, 0.15) is 37.9 Å². The number of benzene rings is 1. The molecule has 1 aromatic carbocycles. The van der Waals surface area contributed by atoms with E-state index in [-0.39, 0.29) is 6.10 Å². The van der Waals surface area contributed by atoms with Crippen LogP contribution in [-0.4, -0.2) is 6.61 Å². The highest BCUT2D eigenvalue weighted by Crippen LogP contribution is 2.28. The fourth-order valence-electron chi connectivity index (χ4n) is 1.77. The SMILES string of the molecule is CC(OCC1CCC1)c1ccc(Br)cc1.